The van der Waals surface area contributed by atoms with Crippen LogP contribution in [-0.4, -0.2) is 18.7 Å². The Hall–Kier alpha value is -3.60. The molecule has 0 aliphatic heterocycles. The highest BCUT2D eigenvalue weighted by Gasteiger charge is 2.33. The van der Waals surface area contributed by atoms with Crippen molar-refractivity contribution in [1.82, 2.24) is 0 Å². The van der Waals surface area contributed by atoms with E-state index in [1.165, 1.54) is 11.6 Å². The molecule has 0 N–H and O–H groups in total. The van der Waals surface area contributed by atoms with Crippen molar-refractivity contribution in [1.29, 1.82) is 0 Å². The summed E-state index contributed by atoms with van der Waals surface area (Å²) in [5, 5.41) is 0. The largest absolute Gasteiger partial charge is 0.514 e. The Morgan fingerprint density at radius 3 is 2.49 bits per heavy atom. The molecule has 3 rings (SSSR count). The number of benzene rings is 2. The third kappa shape index (κ3) is 8.21. The van der Waals surface area contributed by atoms with Crippen LogP contribution in [0.4, 0.5) is 4.79 Å². The molecule has 0 saturated heterocycles. The zero-order chi connectivity index (χ0) is 26.8. The molecule has 0 saturated carbocycles. The van der Waals surface area contributed by atoms with Crippen LogP contribution >= 0.6 is 0 Å². The summed E-state index contributed by atoms with van der Waals surface area (Å²) in [4.78, 5) is 24.7. The second kappa shape index (κ2) is 13.1. The van der Waals surface area contributed by atoms with E-state index in [0.29, 0.717) is 17.2 Å². The fourth-order valence-electron chi connectivity index (χ4n) is 4.30. The zero-order valence-corrected chi connectivity index (χ0v) is 22.6. The lowest BCUT2D eigenvalue weighted by atomic mass is 9.76. The predicted molar refractivity (Wildman–Crippen MR) is 147 cm³/mol. The molecular weight excluding hydrogens is 464 g/mol. The van der Waals surface area contributed by atoms with Gasteiger partial charge in [-0.3, -0.25) is 0 Å². The molecule has 0 spiro atoms. The lowest BCUT2D eigenvalue weighted by molar-refractivity contribution is -0.136. The van der Waals surface area contributed by atoms with Crippen molar-refractivity contribution in [2.45, 2.75) is 60.5 Å². The molecule has 1 unspecified atom stereocenters. The number of rotatable bonds is 10. The molecule has 5 nitrogen and oxygen atoms in total. The summed E-state index contributed by atoms with van der Waals surface area (Å²) in [5.41, 5.74) is 5.19. The van der Waals surface area contributed by atoms with Crippen LogP contribution in [0.5, 0.6) is 5.75 Å². The van der Waals surface area contributed by atoms with Crippen LogP contribution in [0.15, 0.2) is 77.9 Å². The second-order valence-corrected chi connectivity index (χ2v) is 10.1. The lowest BCUT2D eigenvalue weighted by Gasteiger charge is -2.29. The first-order valence-corrected chi connectivity index (χ1v) is 12.9. The normalized spacial score (nSPS) is 16.9. The summed E-state index contributed by atoms with van der Waals surface area (Å²) in [7, 11) is 0. The van der Waals surface area contributed by atoms with Gasteiger partial charge < -0.3 is 14.2 Å². The van der Waals surface area contributed by atoms with Crippen LogP contribution in [-0.2, 0) is 20.9 Å². The maximum absolute atomic E-state index is 12.4. The molecule has 0 radical (unpaired) electrons. The monoisotopic (exact) mass is 502 g/mol. The van der Waals surface area contributed by atoms with Crippen LogP contribution in [0, 0.1) is 18.3 Å². The van der Waals surface area contributed by atoms with Gasteiger partial charge in [-0.1, -0.05) is 80.5 Å². The standard InChI is InChI=1S/C32H38O5/c1-6-25(14-17-28-16-13-24(3)32(28,4)5)21-35-30(33)19-15-27-20-23(2)12-18-29(27)37-31(34)36-22-26-10-8-7-9-11-26/h7-15,18-20,28H,6,16-17,21-22H2,1-5H3. The number of allylic oxidation sites excluding steroid dienone is 3. The molecule has 5 heteroatoms. The van der Waals surface area contributed by atoms with Gasteiger partial charge in [0.15, 0.2) is 0 Å². The van der Waals surface area contributed by atoms with Gasteiger partial charge in [0, 0.05) is 11.6 Å². The third-order valence-corrected chi connectivity index (χ3v) is 7.25. The van der Waals surface area contributed by atoms with E-state index in [4.69, 9.17) is 14.2 Å². The second-order valence-electron chi connectivity index (χ2n) is 10.1. The fraction of sp³-hybridized carbons (Fsp3) is 0.375. The molecule has 37 heavy (non-hydrogen) atoms. The Morgan fingerprint density at radius 2 is 1.81 bits per heavy atom. The topological polar surface area (TPSA) is 61.8 Å². The van der Waals surface area contributed by atoms with Crippen molar-refractivity contribution in [3.63, 3.8) is 0 Å². The quantitative estimate of drug-likeness (QED) is 0.143. The minimum atomic E-state index is -0.807. The van der Waals surface area contributed by atoms with E-state index in [1.807, 2.05) is 49.4 Å². The molecule has 1 atom stereocenters. The van der Waals surface area contributed by atoms with E-state index in [1.54, 1.807) is 12.1 Å². The molecule has 1 aliphatic rings. The van der Waals surface area contributed by atoms with Crippen LogP contribution in [0.25, 0.3) is 6.08 Å². The SMILES string of the molecule is CCC(=CCC1CC=C(C)C1(C)C)COC(=O)C=Cc1cc(C)ccc1OC(=O)OCc1ccccc1. The fourth-order valence-corrected chi connectivity index (χ4v) is 4.30. The molecule has 196 valence electrons. The molecule has 0 heterocycles. The molecular formula is C32H38O5. The van der Waals surface area contributed by atoms with Crippen molar-refractivity contribution >= 4 is 18.2 Å². The van der Waals surface area contributed by atoms with Crippen molar-refractivity contribution in [3.05, 3.63) is 94.6 Å². The minimum absolute atomic E-state index is 0.116. The molecule has 2 aromatic carbocycles. The summed E-state index contributed by atoms with van der Waals surface area (Å²) < 4.78 is 16.1. The molecule has 0 bridgehead atoms. The maximum atomic E-state index is 12.4. The number of aryl methyl sites for hydroxylation is 1. The highest BCUT2D eigenvalue weighted by molar-refractivity contribution is 5.88. The van der Waals surface area contributed by atoms with Gasteiger partial charge in [0.1, 0.15) is 19.0 Å². The summed E-state index contributed by atoms with van der Waals surface area (Å²) >= 11 is 0. The predicted octanol–water partition coefficient (Wildman–Crippen LogP) is 7.99. The third-order valence-electron chi connectivity index (χ3n) is 7.25. The Balaban J connectivity index is 1.54. The van der Waals surface area contributed by atoms with E-state index in [9.17, 15) is 9.59 Å². The van der Waals surface area contributed by atoms with Gasteiger partial charge in [-0.25, -0.2) is 9.59 Å². The molecule has 0 fully saturated rings. The van der Waals surface area contributed by atoms with Gasteiger partial charge in [0.25, 0.3) is 0 Å². The molecule has 0 aromatic heterocycles. The van der Waals surface area contributed by atoms with E-state index < -0.39 is 12.1 Å². The lowest BCUT2D eigenvalue weighted by Crippen LogP contribution is -2.20. The highest BCUT2D eigenvalue weighted by atomic mass is 16.7. The van der Waals surface area contributed by atoms with Gasteiger partial charge in [0.05, 0.1) is 0 Å². The van der Waals surface area contributed by atoms with E-state index in [2.05, 4.69) is 39.8 Å². The number of carbonyl (C=O) groups is 2. The van der Waals surface area contributed by atoms with E-state index >= 15 is 0 Å². The Morgan fingerprint density at radius 1 is 1.05 bits per heavy atom. The van der Waals surface area contributed by atoms with Crippen molar-refractivity contribution in [2.75, 3.05) is 6.61 Å². The number of esters is 1. The smallest absolute Gasteiger partial charge is 0.458 e. The summed E-state index contributed by atoms with van der Waals surface area (Å²) in [6, 6.07) is 14.7. The summed E-state index contributed by atoms with van der Waals surface area (Å²) in [5.74, 6) is 0.436. The summed E-state index contributed by atoms with van der Waals surface area (Å²) in [6.45, 7) is 11.2. The number of hydrogen-bond acceptors (Lipinski definition) is 5. The van der Waals surface area contributed by atoms with Gasteiger partial charge in [-0.15, -0.1) is 0 Å². The Bertz CT molecular complexity index is 1170. The zero-order valence-electron chi connectivity index (χ0n) is 22.6. The van der Waals surface area contributed by atoms with Crippen LogP contribution in [0.1, 0.15) is 63.6 Å². The van der Waals surface area contributed by atoms with Gasteiger partial charge in [-0.2, -0.15) is 0 Å². The first kappa shape index (κ1) is 28.0. The Labute approximate surface area is 220 Å². The first-order chi connectivity index (χ1) is 17.7. The van der Waals surface area contributed by atoms with Crippen LogP contribution in [0.2, 0.25) is 0 Å². The average Bonchev–Trinajstić information content (AvgIpc) is 3.14. The number of carbonyl (C=O) groups excluding carboxylic acids is 2. The molecule has 2 aromatic rings. The average molecular weight is 503 g/mol. The minimum Gasteiger partial charge on any atom is -0.458 e. The maximum Gasteiger partial charge on any atom is 0.514 e. The van der Waals surface area contributed by atoms with Crippen molar-refractivity contribution < 1.29 is 23.8 Å². The highest BCUT2D eigenvalue weighted by Crippen LogP contribution is 2.44. The van der Waals surface area contributed by atoms with Crippen molar-refractivity contribution in [2.24, 2.45) is 11.3 Å². The Kier molecular flexibility index (Phi) is 9.90. The van der Waals surface area contributed by atoms with Gasteiger partial charge in [0.2, 0.25) is 0 Å². The van der Waals surface area contributed by atoms with E-state index in [0.717, 1.165) is 36.0 Å². The van der Waals surface area contributed by atoms with Gasteiger partial charge >= 0.3 is 12.1 Å². The number of hydrogen-bond donors (Lipinski definition) is 0. The number of ether oxygens (including phenoxy) is 3. The first-order valence-electron chi connectivity index (χ1n) is 12.9. The van der Waals surface area contributed by atoms with E-state index in [-0.39, 0.29) is 18.6 Å². The summed E-state index contributed by atoms with van der Waals surface area (Å²) in [6.07, 6.45) is 9.61. The van der Waals surface area contributed by atoms with Crippen molar-refractivity contribution in [3.8, 4) is 5.75 Å². The van der Waals surface area contributed by atoms with Crippen LogP contribution < -0.4 is 4.74 Å². The molecule has 0 amide bonds. The van der Waals surface area contributed by atoms with Crippen LogP contribution in [0.3, 0.4) is 0 Å². The molecule has 1 aliphatic carbocycles. The van der Waals surface area contributed by atoms with Gasteiger partial charge in [-0.05, 0) is 73.8 Å².